The molecule has 2 aromatic rings. The summed E-state index contributed by atoms with van der Waals surface area (Å²) in [5, 5.41) is 8.30. The van der Waals surface area contributed by atoms with Crippen LogP contribution >= 0.6 is 0 Å². The highest BCUT2D eigenvalue weighted by Crippen LogP contribution is 2.21. The minimum absolute atomic E-state index is 0.430. The van der Waals surface area contributed by atoms with Crippen molar-refractivity contribution in [3.8, 4) is 0 Å². The van der Waals surface area contributed by atoms with E-state index in [0.29, 0.717) is 6.04 Å². The quantitative estimate of drug-likeness (QED) is 0.781. The minimum Gasteiger partial charge on any atom is -0.378 e. The monoisotopic (exact) mass is 259 g/mol. The van der Waals surface area contributed by atoms with Gasteiger partial charge >= 0.3 is 0 Å². The van der Waals surface area contributed by atoms with Gasteiger partial charge in [0.05, 0.1) is 13.2 Å². The lowest BCUT2D eigenvalue weighted by Crippen LogP contribution is -2.47. The number of fused-ring (bicyclic) bond motifs is 1. The molecule has 1 fully saturated rings. The van der Waals surface area contributed by atoms with Crippen LogP contribution in [0.15, 0.2) is 24.3 Å². The number of para-hydroxylation sites is 1. The molecule has 19 heavy (non-hydrogen) atoms. The van der Waals surface area contributed by atoms with E-state index >= 15 is 0 Å². The molecule has 102 valence electrons. The Kier molecular flexibility index (Phi) is 3.82. The molecule has 1 atom stereocenters. The van der Waals surface area contributed by atoms with Crippen molar-refractivity contribution in [2.75, 3.05) is 26.3 Å². The lowest BCUT2D eigenvalue weighted by molar-refractivity contribution is 0.0766. The Morgan fingerprint density at radius 2 is 2.26 bits per heavy atom. The van der Waals surface area contributed by atoms with Crippen molar-refractivity contribution in [1.29, 1.82) is 0 Å². The van der Waals surface area contributed by atoms with Gasteiger partial charge in [0.15, 0.2) is 0 Å². The summed E-state index contributed by atoms with van der Waals surface area (Å²) in [5.74, 6) is 0. The second-order valence-electron chi connectivity index (χ2n) is 5.13. The van der Waals surface area contributed by atoms with Crippen molar-refractivity contribution in [1.82, 2.24) is 15.6 Å². The van der Waals surface area contributed by atoms with Gasteiger partial charge in [0.1, 0.15) is 0 Å². The summed E-state index contributed by atoms with van der Waals surface area (Å²) in [7, 11) is 0. The summed E-state index contributed by atoms with van der Waals surface area (Å²) in [6, 6.07) is 8.90. The molecule has 0 spiro atoms. The average Bonchev–Trinajstić information content (AvgIpc) is 2.76. The first-order valence-electron chi connectivity index (χ1n) is 6.92. The highest BCUT2D eigenvalue weighted by atomic mass is 16.5. The molecule has 0 amide bonds. The molecule has 1 saturated heterocycles. The first-order valence-corrected chi connectivity index (χ1v) is 6.92. The predicted molar refractivity (Wildman–Crippen MR) is 77.4 cm³/mol. The van der Waals surface area contributed by atoms with Crippen LogP contribution in [0, 0.1) is 6.92 Å². The zero-order valence-corrected chi connectivity index (χ0v) is 11.3. The molecule has 0 aliphatic carbocycles. The molecule has 4 nitrogen and oxygen atoms in total. The number of nitrogens with one attached hydrogen (secondary N) is 3. The summed E-state index contributed by atoms with van der Waals surface area (Å²) >= 11 is 0. The number of morpholine rings is 1. The molecule has 0 saturated carbocycles. The maximum Gasteiger partial charge on any atom is 0.0632 e. The van der Waals surface area contributed by atoms with Crippen LogP contribution < -0.4 is 10.6 Å². The molecule has 1 aliphatic rings. The molecule has 2 heterocycles. The molecule has 1 unspecified atom stereocenters. The van der Waals surface area contributed by atoms with E-state index in [0.717, 1.165) is 32.8 Å². The highest BCUT2D eigenvalue weighted by molar-refractivity contribution is 5.84. The van der Waals surface area contributed by atoms with E-state index in [-0.39, 0.29) is 0 Å². The SMILES string of the molecule is Cc1[nH]c2ccccc2c1CNCC1COCCN1. The van der Waals surface area contributed by atoms with Crippen molar-refractivity contribution < 1.29 is 4.74 Å². The highest BCUT2D eigenvalue weighted by Gasteiger charge is 2.13. The van der Waals surface area contributed by atoms with Crippen LogP contribution in [0.3, 0.4) is 0 Å². The third kappa shape index (κ3) is 2.81. The van der Waals surface area contributed by atoms with Crippen LogP contribution in [0.4, 0.5) is 0 Å². The number of rotatable bonds is 4. The van der Waals surface area contributed by atoms with Crippen LogP contribution in [-0.2, 0) is 11.3 Å². The molecule has 0 bridgehead atoms. The number of aromatic nitrogens is 1. The Hall–Kier alpha value is -1.36. The van der Waals surface area contributed by atoms with Gasteiger partial charge in [-0.15, -0.1) is 0 Å². The maximum absolute atomic E-state index is 5.46. The lowest BCUT2D eigenvalue weighted by atomic mass is 10.1. The lowest BCUT2D eigenvalue weighted by Gasteiger charge is -2.24. The van der Waals surface area contributed by atoms with E-state index in [1.165, 1.54) is 22.2 Å². The molecule has 0 radical (unpaired) electrons. The summed E-state index contributed by atoms with van der Waals surface area (Å²) in [6.07, 6.45) is 0. The van der Waals surface area contributed by atoms with Crippen LogP contribution in [0.25, 0.3) is 10.9 Å². The summed E-state index contributed by atoms with van der Waals surface area (Å²) in [6.45, 7) is 6.57. The fourth-order valence-corrected chi connectivity index (χ4v) is 2.68. The van der Waals surface area contributed by atoms with Gasteiger partial charge in [-0.05, 0) is 18.6 Å². The Morgan fingerprint density at radius 3 is 3.11 bits per heavy atom. The van der Waals surface area contributed by atoms with Crippen LogP contribution in [0.1, 0.15) is 11.3 Å². The fourth-order valence-electron chi connectivity index (χ4n) is 2.68. The van der Waals surface area contributed by atoms with Gasteiger partial charge in [0.2, 0.25) is 0 Å². The van der Waals surface area contributed by atoms with Gasteiger partial charge in [-0.25, -0.2) is 0 Å². The molecule has 3 rings (SSSR count). The molecule has 1 aromatic carbocycles. The van der Waals surface area contributed by atoms with Gasteiger partial charge in [-0.1, -0.05) is 18.2 Å². The summed E-state index contributed by atoms with van der Waals surface area (Å²) in [5.41, 5.74) is 3.84. The van der Waals surface area contributed by atoms with E-state index in [2.05, 4.69) is 46.8 Å². The van der Waals surface area contributed by atoms with E-state index in [1.807, 2.05) is 0 Å². The average molecular weight is 259 g/mol. The Balaban J connectivity index is 1.63. The predicted octanol–water partition coefficient (Wildman–Crippen LogP) is 1.55. The summed E-state index contributed by atoms with van der Waals surface area (Å²) in [4.78, 5) is 3.44. The van der Waals surface area contributed by atoms with E-state index in [9.17, 15) is 0 Å². The third-order valence-corrected chi connectivity index (χ3v) is 3.72. The molecule has 4 heteroatoms. The van der Waals surface area contributed by atoms with Crippen molar-refractivity contribution in [3.63, 3.8) is 0 Å². The Labute approximate surface area is 113 Å². The first kappa shape index (κ1) is 12.7. The number of aryl methyl sites for hydroxylation is 1. The van der Waals surface area contributed by atoms with Crippen molar-refractivity contribution >= 4 is 10.9 Å². The first-order chi connectivity index (χ1) is 9.34. The topological polar surface area (TPSA) is 49.1 Å². The maximum atomic E-state index is 5.46. The van der Waals surface area contributed by atoms with Crippen LogP contribution in [-0.4, -0.2) is 37.3 Å². The van der Waals surface area contributed by atoms with Crippen molar-refractivity contribution in [2.24, 2.45) is 0 Å². The number of ether oxygens (including phenoxy) is 1. The van der Waals surface area contributed by atoms with Gasteiger partial charge < -0.3 is 20.4 Å². The zero-order chi connectivity index (χ0) is 13.1. The molecule has 1 aliphatic heterocycles. The number of hydrogen-bond donors (Lipinski definition) is 3. The standard InChI is InChI=1S/C15H21N3O/c1-11-14(13-4-2-3-5-15(13)18-11)9-16-8-12-10-19-7-6-17-12/h2-5,12,16-18H,6-10H2,1H3. The number of benzene rings is 1. The zero-order valence-electron chi connectivity index (χ0n) is 11.3. The molecule has 3 N–H and O–H groups in total. The van der Waals surface area contributed by atoms with Crippen LogP contribution in [0.2, 0.25) is 0 Å². The van der Waals surface area contributed by atoms with Crippen LogP contribution in [0.5, 0.6) is 0 Å². The van der Waals surface area contributed by atoms with Crippen molar-refractivity contribution in [2.45, 2.75) is 19.5 Å². The molecular weight excluding hydrogens is 238 g/mol. The Morgan fingerprint density at radius 1 is 1.37 bits per heavy atom. The Bertz CT molecular complexity index is 543. The molecule has 1 aromatic heterocycles. The number of H-pyrrole nitrogens is 1. The molecular formula is C15H21N3O. The third-order valence-electron chi connectivity index (χ3n) is 3.72. The van der Waals surface area contributed by atoms with Crippen molar-refractivity contribution in [3.05, 3.63) is 35.5 Å². The largest absolute Gasteiger partial charge is 0.378 e. The second kappa shape index (κ2) is 5.74. The van der Waals surface area contributed by atoms with Gasteiger partial charge in [-0.2, -0.15) is 0 Å². The summed E-state index contributed by atoms with van der Waals surface area (Å²) < 4.78 is 5.46. The van der Waals surface area contributed by atoms with E-state index in [4.69, 9.17) is 4.74 Å². The van der Waals surface area contributed by atoms with Gasteiger partial charge in [-0.3, -0.25) is 0 Å². The smallest absolute Gasteiger partial charge is 0.0632 e. The van der Waals surface area contributed by atoms with E-state index < -0.39 is 0 Å². The minimum atomic E-state index is 0.430. The fraction of sp³-hybridized carbons (Fsp3) is 0.467. The van der Waals surface area contributed by atoms with E-state index in [1.54, 1.807) is 0 Å². The van der Waals surface area contributed by atoms with Gasteiger partial charge in [0, 0.05) is 42.3 Å². The second-order valence-corrected chi connectivity index (χ2v) is 5.13. The van der Waals surface area contributed by atoms with Gasteiger partial charge in [0.25, 0.3) is 0 Å². The number of hydrogen-bond acceptors (Lipinski definition) is 3. The number of aromatic amines is 1. The normalized spacial score (nSPS) is 19.9.